The molecule has 0 saturated heterocycles. The number of carbonyl (C=O) groups is 1. The molecule has 0 amide bonds. The highest BCUT2D eigenvalue weighted by atomic mass is 16.4. The molecule has 6 nitrogen and oxygen atoms in total. The minimum atomic E-state index is -0.770. The largest absolute Gasteiger partial charge is 0.481 e. The second-order valence-corrected chi connectivity index (χ2v) is 5.12. The number of rotatable bonds is 7. The van der Waals surface area contributed by atoms with E-state index < -0.39 is 5.97 Å². The van der Waals surface area contributed by atoms with Gasteiger partial charge in [0.15, 0.2) is 5.82 Å². The summed E-state index contributed by atoms with van der Waals surface area (Å²) in [5, 5.41) is 20.6. The quantitative estimate of drug-likeness (QED) is 0.804. The van der Waals surface area contributed by atoms with Crippen LogP contribution in [0.1, 0.15) is 52.3 Å². The molecule has 0 aliphatic carbocycles. The van der Waals surface area contributed by atoms with Gasteiger partial charge in [-0.25, -0.2) is 4.68 Å². The highest BCUT2D eigenvalue weighted by Gasteiger charge is 2.20. The van der Waals surface area contributed by atoms with Gasteiger partial charge in [-0.2, -0.15) is 0 Å². The van der Waals surface area contributed by atoms with Gasteiger partial charge in [0.1, 0.15) is 0 Å². The first-order valence-electron chi connectivity index (χ1n) is 6.43. The van der Waals surface area contributed by atoms with Crippen molar-refractivity contribution in [2.24, 2.45) is 11.8 Å². The smallest absolute Gasteiger partial charge is 0.303 e. The predicted octanol–water partition coefficient (Wildman–Crippen LogP) is 1.93. The Hall–Kier alpha value is -1.46. The standard InChI is InChI=1S/C12H22N4O2/c1-5-10(6-11(17)18)7-16-12(13-14-15-16)9(4)8(2)3/h8-10H,5-7H2,1-4H3,(H,17,18). The fraction of sp³-hybridized carbons (Fsp3) is 0.833. The molecule has 2 unspecified atom stereocenters. The van der Waals surface area contributed by atoms with Crippen LogP contribution in [0.25, 0.3) is 0 Å². The monoisotopic (exact) mass is 254 g/mol. The van der Waals surface area contributed by atoms with E-state index in [1.165, 1.54) is 0 Å². The fourth-order valence-corrected chi connectivity index (χ4v) is 1.80. The first kappa shape index (κ1) is 14.6. The van der Waals surface area contributed by atoms with Crippen LogP contribution in [0.2, 0.25) is 0 Å². The summed E-state index contributed by atoms with van der Waals surface area (Å²) in [5.41, 5.74) is 0. The molecule has 2 atom stereocenters. The topological polar surface area (TPSA) is 80.9 Å². The Morgan fingerprint density at radius 3 is 2.56 bits per heavy atom. The van der Waals surface area contributed by atoms with Gasteiger partial charge in [0, 0.05) is 18.9 Å². The molecule has 0 radical (unpaired) electrons. The van der Waals surface area contributed by atoms with Gasteiger partial charge in [0.25, 0.3) is 0 Å². The Bertz CT molecular complexity index is 389. The average molecular weight is 254 g/mol. The number of nitrogens with zero attached hydrogens (tertiary/aromatic N) is 4. The van der Waals surface area contributed by atoms with Gasteiger partial charge in [-0.1, -0.05) is 34.1 Å². The lowest BCUT2D eigenvalue weighted by Gasteiger charge is -2.17. The predicted molar refractivity (Wildman–Crippen MR) is 67.1 cm³/mol. The van der Waals surface area contributed by atoms with Crippen molar-refractivity contribution in [2.75, 3.05) is 0 Å². The molecule has 1 heterocycles. The molecule has 0 aliphatic rings. The molecule has 1 N–H and O–H groups in total. The second-order valence-electron chi connectivity index (χ2n) is 5.12. The van der Waals surface area contributed by atoms with E-state index in [0.717, 1.165) is 12.2 Å². The Labute approximate surface area is 107 Å². The zero-order valence-electron chi connectivity index (χ0n) is 11.5. The summed E-state index contributed by atoms with van der Waals surface area (Å²) < 4.78 is 1.75. The first-order valence-corrected chi connectivity index (χ1v) is 6.43. The van der Waals surface area contributed by atoms with Gasteiger partial charge in [-0.15, -0.1) is 5.10 Å². The summed E-state index contributed by atoms with van der Waals surface area (Å²) in [6.07, 6.45) is 0.966. The molecule has 0 spiro atoms. The Morgan fingerprint density at radius 1 is 1.39 bits per heavy atom. The molecule has 1 aromatic heterocycles. The van der Waals surface area contributed by atoms with Crippen LogP contribution in [0.5, 0.6) is 0 Å². The minimum absolute atomic E-state index is 0.0733. The normalized spacial score (nSPS) is 14.7. The molecule has 1 rings (SSSR count). The molecular weight excluding hydrogens is 232 g/mol. The lowest BCUT2D eigenvalue weighted by Crippen LogP contribution is -2.19. The zero-order chi connectivity index (χ0) is 13.7. The maximum absolute atomic E-state index is 10.8. The molecule has 1 aromatic rings. The summed E-state index contributed by atoms with van der Waals surface area (Å²) in [4.78, 5) is 10.8. The number of carboxylic acids is 1. The third-order valence-corrected chi connectivity index (χ3v) is 3.44. The van der Waals surface area contributed by atoms with Gasteiger partial charge in [-0.3, -0.25) is 4.79 Å². The number of hydrogen-bond donors (Lipinski definition) is 1. The summed E-state index contributed by atoms with van der Waals surface area (Å²) in [5.74, 6) is 0.864. The van der Waals surface area contributed by atoms with E-state index in [-0.39, 0.29) is 18.3 Å². The van der Waals surface area contributed by atoms with Gasteiger partial charge in [-0.05, 0) is 22.3 Å². The summed E-state index contributed by atoms with van der Waals surface area (Å²) >= 11 is 0. The molecule has 0 bridgehead atoms. The Morgan fingerprint density at radius 2 is 2.06 bits per heavy atom. The SMILES string of the molecule is CCC(CC(=O)O)Cn1nnnc1C(C)C(C)C. The van der Waals surface area contributed by atoms with Crippen molar-refractivity contribution in [1.29, 1.82) is 0 Å². The Balaban J connectivity index is 2.78. The summed E-state index contributed by atoms with van der Waals surface area (Å²) in [6.45, 7) is 8.90. The molecule has 0 aromatic carbocycles. The lowest BCUT2D eigenvalue weighted by atomic mass is 9.97. The number of aliphatic carboxylic acids is 1. The summed E-state index contributed by atoms with van der Waals surface area (Å²) in [7, 11) is 0. The third-order valence-electron chi connectivity index (χ3n) is 3.44. The molecule has 102 valence electrons. The molecule has 0 aliphatic heterocycles. The van der Waals surface area contributed by atoms with Crippen molar-refractivity contribution in [2.45, 2.75) is 53.0 Å². The van der Waals surface area contributed by atoms with Crippen LogP contribution in [0.4, 0.5) is 0 Å². The third kappa shape index (κ3) is 3.78. The second kappa shape index (κ2) is 6.47. The number of hydrogen-bond acceptors (Lipinski definition) is 4. The van der Waals surface area contributed by atoms with E-state index >= 15 is 0 Å². The zero-order valence-corrected chi connectivity index (χ0v) is 11.5. The molecule has 0 saturated carbocycles. The van der Waals surface area contributed by atoms with Crippen molar-refractivity contribution in [1.82, 2.24) is 20.2 Å². The highest BCUT2D eigenvalue weighted by Crippen LogP contribution is 2.22. The average Bonchev–Trinajstić information content (AvgIpc) is 2.74. The fourth-order valence-electron chi connectivity index (χ4n) is 1.80. The molecule has 18 heavy (non-hydrogen) atoms. The maximum atomic E-state index is 10.8. The van der Waals surface area contributed by atoms with Crippen molar-refractivity contribution in [3.8, 4) is 0 Å². The van der Waals surface area contributed by atoms with Gasteiger partial charge in [0.05, 0.1) is 0 Å². The Kier molecular flexibility index (Phi) is 5.25. The van der Waals surface area contributed by atoms with Gasteiger partial charge < -0.3 is 5.11 Å². The molecule has 0 fully saturated rings. The maximum Gasteiger partial charge on any atom is 0.303 e. The first-order chi connectivity index (χ1) is 8.45. The van der Waals surface area contributed by atoms with E-state index in [1.807, 2.05) is 6.92 Å². The van der Waals surface area contributed by atoms with E-state index in [0.29, 0.717) is 12.5 Å². The minimum Gasteiger partial charge on any atom is -0.481 e. The molecular formula is C12H22N4O2. The van der Waals surface area contributed by atoms with Crippen LogP contribution in [0.15, 0.2) is 0 Å². The van der Waals surface area contributed by atoms with Gasteiger partial charge in [0.2, 0.25) is 0 Å². The van der Waals surface area contributed by atoms with Crippen LogP contribution in [0.3, 0.4) is 0 Å². The van der Waals surface area contributed by atoms with Crippen molar-refractivity contribution >= 4 is 5.97 Å². The lowest BCUT2D eigenvalue weighted by molar-refractivity contribution is -0.138. The number of tetrazole rings is 1. The summed E-state index contributed by atoms with van der Waals surface area (Å²) in [6, 6.07) is 0. The van der Waals surface area contributed by atoms with E-state index in [9.17, 15) is 4.79 Å². The van der Waals surface area contributed by atoms with Crippen LogP contribution in [0, 0.1) is 11.8 Å². The highest BCUT2D eigenvalue weighted by molar-refractivity contribution is 5.66. The van der Waals surface area contributed by atoms with Crippen molar-refractivity contribution < 1.29 is 9.90 Å². The van der Waals surface area contributed by atoms with E-state index in [2.05, 4.69) is 36.3 Å². The van der Waals surface area contributed by atoms with Crippen LogP contribution in [-0.4, -0.2) is 31.3 Å². The van der Waals surface area contributed by atoms with Crippen LogP contribution >= 0.6 is 0 Å². The number of aromatic nitrogens is 4. The van der Waals surface area contributed by atoms with Crippen LogP contribution < -0.4 is 0 Å². The molecule has 6 heteroatoms. The van der Waals surface area contributed by atoms with Crippen molar-refractivity contribution in [3.05, 3.63) is 5.82 Å². The van der Waals surface area contributed by atoms with E-state index in [1.54, 1.807) is 4.68 Å². The van der Waals surface area contributed by atoms with E-state index in [4.69, 9.17) is 5.11 Å². The van der Waals surface area contributed by atoms with Crippen molar-refractivity contribution in [3.63, 3.8) is 0 Å². The number of carboxylic acid groups (broad SMARTS) is 1. The van der Waals surface area contributed by atoms with Gasteiger partial charge >= 0.3 is 5.97 Å². The van der Waals surface area contributed by atoms with Crippen LogP contribution in [-0.2, 0) is 11.3 Å².